The molecule has 0 unspecified atom stereocenters. The van der Waals surface area contributed by atoms with Crippen LogP contribution in [0.1, 0.15) is 17.7 Å². The van der Waals surface area contributed by atoms with Crippen LogP contribution in [0.3, 0.4) is 0 Å². The van der Waals surface area contributed by atoms with Crippen molar-refractivity contribution >= 4 is 21.4 Å². The highest BCUT2D eigenvalue weighted by Gasteiger charge is 2.38. The Morgan fingerprint density at radius 2 is 1.96 bits per heavy atom. The quantitative estimate of drug-likeness (QED) is 0.873. The molecule has 5 nitrogen and oxygen atoms in total. The fourth-order valence-electron chi connectivity index (χ4n) is 3.53. The number of nitrogens with one attached hydrogen (secondary N) is 1. The van der Waals surface area contributed by atoms with E-state index in [2.05, 4.69) is 27.1 Å². The topological polar surface area (TPSA) is 58.6 Å². The van der Waals surface area contributed by atoms with E-state index in [-0.39, 0.29) is 10.3 Å². The minimum atomic E-state index is -3.52. The number of ether oxygens (including phenoxy) is 1. The molecule has 1 saturated heterocycles. The molecule has 1 aromatic heterocycles. The number of para-hydroxylation sites is 1. The van der Waals surface area contributed by atoms with Gasteiger partial charge in [0.25, 0.3) is 0 Å². The summed E-state index contributed by atoms with van der Waals surface area (Å²) in [6.45, 7) is 3.90. The number of nitrogens with zero attached hydrogens (tertiary/aromatic N) is 1. The lowest BCUT2D eigenvalue weighted by atomic mass is 9.79. The summed E-state index contributed by atoms with van der Waals surface area (Å²) < 4.78 is 33.9. The van der Waals surface area contributed by atoms with Gasteiger partial charge in [-0.3, -0.25) is 4.90 Å². The second kappa shape index (κ2) is 6.72. The molecule has 1 fully saturated rings. The lowest BCUT2D eigenvalue weighted by molar-refractivity contribution is 0.0527. The van der Waals surface area contributed by atoms with Crippen molar-refractivity contribution < 1.29 is 13.2 Å². The van der Waals surface area contributed by atoms with Crippen molar-refractivity contribution in [2.75, 3.05) is 26.2 Å². The van der Waals surface area contributed by atoms with Gasteiger partial charge in [0.15, 0.2) is 0 Å². The van der Waals surface area contributed by atoms with Crippen LogP contribution in [0, 0.1) is 5.41 Å². The van der Waals surface area contributed by atoms with Gasteiger partial charge in [-0.15, -0.1) is 11.3 Å². The summed E-state index contributed by atoms with van der Waals surface area (Å²) in [5.41, 5.74) is -0.132. The summed E-state index contributed by atoms with van der Waals surface area (Å²) in [4.78, 5) is 4.05. The average molecular weight is 379 g/mol. The van der Waals surface area contributed by atoms with Crippen molar-refractivity contribution in [2.24, 2.45) is 5.41 Å². The molecule has 0 atom stereocenters. The molecule has 4 rings (SSSR count). The van der Waals surface area contributed by atoms with Gasteiger partial charge in [0, 0.05) is 23.4 Å². The highest BCUT2D eigenvalue weighted by atomic mass is 32.2. The molecule has 0 aliphatic carbocycles. The van der Waals surface area contributed by atoms with Crippen LogP contribution in [0.15, 0.2) is 46.7 Å². The van der Waals surface area contributed by atoms with E-state index in [1.165, 1.54) is 4.88 Å². The maximum Gasteiger partial charge on any atom is 0.244 e. The Labute approximate surface area is 152 Å². The third kappa shape index (κ3) is 3.60. The maximum absolute atomic E-state index is 12.5. The molecule has 7 heteroatoms. The first-order valence-corrected chi connectivity index (χ1v) is 10.9. The molecular formula is C18H22N2O3S2. The van der Waals surface area contributed by atoms with Crippen LogP contribution >= 0.6 is 11.3 Å². The third-order valence-electron chi connectivity index (χ3n) is 5.19. The molecule has 0 amide bonds. The van der Waals surface area contributed by atoms with Gasteiger partial charge in [-0.05, 0) is 49.5 Å². The summed E-state index contributed by atoms with van der Waals surface area (Å²) in [5.74, 6) is 0.454. The molecule has 2 aromatic rings. The van der Waals surface area contributed by atoms with Crippen molar-refractivity contribution in [1.29, 1.82) is 0 Å². The van der Waals surface area contributed by atoms with Gasteiger partial charge >= 0.3 is 0 Å². The molecule has 1 N–H and O–H groups in total. The van der Waals surface area contributed by atoms with Crippen LogP contribution in [0.25, 0.3) is 0 Å². The van der Waals surface area contributed by atoms with Crippen molar-refractivity contribution in [2.45, 2.75) is 24.3 Å². The van der Waals surface area contributed by atoms with Gasteiger partial charge in [0.2, 0.25) is 10.0 Å². The number of piperidine rings is 1. The predicted octanol–water partition coefficient (Wildman–Crippen LogP) is 2.70. The molecule has 0 bridgehead atoms. The largest absolute Gasteiger partial charge is 0.492 e. The fraction of sp³-hybridized carbons (Fsp3) is 0.444. The van der Waals surface area contributed by atoms with Crippen molar-refractivity contribution in [1.82, 2.24) is 9.62 Å². The monoisotopic (exact) mass is 378 g/mol. The molecule has 0 radical (unpaired) electrons. The van der Waals surface area contributed by atoms with Crippen LogP contribution in [-0.2, 0) is 16.6 Å². The number of likely N-dealkylation sites (tertiary alicyclic amines) is 1. The highest BCUT2D eigenvalue weighted by molar-refractivity contribution is 7.89. The predicted molar refractivity (Wildman–Crippen MR) is 98.4 cm³/mol. The number of hydrogen-bond donors (Lipinski definition) is 1. The van der Waals surface area contributed by atoms with E-state index in [0.29, 0.717) is 18.9 Å². The van der Waals surface area contributed by atoms with Gasteiger partial charge in [0.1, 0.15) is 10.6 Å². The lowest BCUT2D eigenvalue weighted by Crippen LogP contribution is -2.49. The summed E-state index contributed by atoms with van der Waals surface area (Å²) >= 11 is 1.78. The summed E-state index contributed by atoms with van der Waals surface area (Å²) in [7, 11) is -3.52. The molecule has 1 aromatic carbocycles. The molecule has 2 aliphatic rings. The van der Waals surface area contributed by atoms with Crippen LogP contribution < -0.4 is 9.46 Å². The third-order valence-corrected chi connectivity index (χ3v) is 7.49. The lowest BCUT2D eigenvalue weighted by Gasteiger charge is -2.42. The van der Waals surface area contributed by atoms with Crippen LogP contribution in [0.4, 0.5) is 0 Å². The van der Waals surface area contributed by atoms with Crippen molar-refractivity contribution in [3.05, 3.63) is 46.7 Å². The Kier molecular flexibility index (Phi) is 4.58. The first-order chi connectivity index (χ1) is 12.1. The standard InChI is InChI=1S/C18H22N2O3S2/c21-25(22)17-6-2-1-5-16(17)23-14-18(13-19-25)7-9-20(10-8-18)12-15-4-3-11-24-15/h1-6,11,19H,7-10,12-14H2. The van der Waals surface area contributed by atoms with Crippen LogP contribution in [-0.4, -0.2) is 39.6 Å². The van der Waals surface area contributed by atoms with Crippen LogP contribution in [0.2, 0.25) is 0 Å². The first-order valence-electron chi connectivity index (χ1n) is 8.53. The summed E-state index contributed by atoms with van der Waals surface area (Å²) in [6, 6.07) is 11.1. The molecule has 1 spiro atoms. The highest BCUT2D eigenvalue weighted by Crippen LogP contribution is 2.36. The van der Waals surface area contributed by atoms with E-state index < -0.39 is 10.0 Å². The second-order valence-corrected chi connectivity index (χ2v) is 9.68. The zero-order chi connectivity index (χ0) is 17.3. The van der Waals surface area contributed by atoms with Gasteiger partial charge in [0.05, 0.1) is 6.61 Å². The molecule has 2 aliphatic heterocycles. The summed E-state index contributed by atoms with van der Waals surface area (Å²) in [6.07, 6.45) is 1.87. The number of rotatable bonds is 2. The van der Waals surface area contributed by atoms with Crippen molar-refractivity contribution in [3.63, 3.8) is 0 Å². The van der Waals surface area contributed by atoms with Crippen molar-refractivity contribution in [3.8, 4) is 5.75 Å². The SMILES string of the molecule is O=S1(=O)NCC2(CCN(Cc3cccs3)CC2)COc2ccccc21. The molecule has 0 saturated carbocycles. The Balaban J connectivity index is 1.47. The molecule has 25 heavy (non-hydrogen) atoms. The minimum absolute atomic E-state index is 0.132. The smallest absolute Gasteiger partial charge is 0.244 e. The minimum Gasteiger partial charge on any atom is -0.492 e. The van der Waals surface area contributed by atoms with E-state index >= 15 is 0 Å². The maximum atomic E-state index is 12.5. The Morgan fingerprint density at radius 1 is 1.16 bits per heavy atom. The number of thiophene rings is 1. The normalized spacial score (nSPS) is 22.6. The molecular weight excluding hydrogens is 356 g/mol. The Hall–Kier alpha value is -1.41. The fourth-order valence-corrected chi connectivity index (χ4v) is 5.58. The van der Waals surface area contributed by atoms with E-state index in [4.69, 9.17) is 4.74 Å². The summed E-state index contributed by atoms with van der Waals surface area (Å²) in [5, 5.41) is 2.11. The molecule has 3 heterocycles. The first kappa shape index (κ1) is 17.0. The van der Waals surface area contributed by atoms with E-state index in [0.717, 1.165) is 32.5 Å². The number of sulfonamides is 1. The van der Waals surface area contributed by atoms with E-state index in [1.807, 2.05) is 6.07 Å². The van der Waals surface area contributed by atoms with E-state index in [9.17, 15) is 8.42 Å². The van der Waals surface area contributed by atoms with Crippen LogP contribution in [0.5, 0.6) is 5.75 Å². The Morgan fingerprint density at radius 3 is 2.72 bits per heavy atom. The zero-order valence-corrected chi connectivity index (χ0v) is 15.6. The van der Waals surface area contributed by atoms with Gasteiger partial charge < -0.3 is 4.74 Å². The Bertz CT molecular complexity index is 826. The molecule has 134 valence electrons. The van der Waals surface area contributed by atoms with Gasteiger partial charge in [-0.25, -0.2) is 13.1 Å². The number of hydrogen-bond acceptors (Lipinski definition) is 5. The average Bonchev–Trinajstić information content (AvgIpc) is 3.13. The second-order valence-electron chi connectivity index (χ2n) is 6.92. The van der Waals surface area contributed by atoms with E-state index in [1.54, 1.807) is 29.5 Å². The van der Waals surface area contributed by atoms with Gasteiger partial charge in [-0.2, -0.15) is 0 Å². The zero-order valence-electron chi connectivity index (χ0n) is 14.0. The number of fused-ring (bicyclic) bond motifs is 1. The van der Waals surface area contributed by atoms with Gasteiger partial charge in [-0.1, -0.05) is 18.2 Å². The number of benzene rings is 1.